The van der Waals surface area contributed by atoms with Crippen molar-refractivity contribution < 1.29 is 4.74 Å². The minimum Gasteiger partial charge on any atom is -0.371 e. The highest BCUT2D eigenvalue weighted by molar-refractivity contribution is 14.1. The lowest BCUT2D eigenvalue weighted by Crippen LogP contribution is -2.06. The molecule has 1 nitrogen and oxygen atoms in total. The van der Waals surface area contributed by atoms with E-state index in [9.17, 15) is 0 Å². The Morgan fingerprint density at radius 2 is 2.40 bits per heavy atom. The zero-order valence-corrected chi connectivity index (χ0v) is 8.79. The van der Waals surface area contributed by atoms with E-state index < -0.39 is 0 Å². The molecule has 0 atom stereocenters. The van der Waals surface area contributed by atoms with Crippen LogP contribution in [-0.2, 0) is 4.74 Å². The summed E-state index contributed by atoms with van der Waals surface area (Å²) < 4.78 is 6.58. The van der Waals surface area contributed by atoms with Crippen LogP contribution in [0.2, 0.25) is 0 Å². The third kappa shape index (κ3) is 2.29. The largest absolute Gasteiger partial charge is 0.371 e. The average molecular weight is 268 g/mol. The lowest BCUT2D eigenvalue weighted by Gasteiger charge is -2.16. The molecule has 1 aliphatic heterocycles. The minimum atomic E-state index is 0.706. The van der Waals surface area contributed by atoms with Gasteiger partial charge in [-0.2, -0.15) is 0 Å². The molecule has 56 valence electrons. The van der Waals surface area contributed by atoms with Crippen molar-refractivity contribution in [3.63, 3.8) is 0 Å². The molecule has 1 saturated heterocycles. The van der Waals surface area contributed by atoms with E-state index in [1.807, 2.05) is 0 Å². The predicted octanol–water partition coefficient (Wildman–Crippen LogP) is 2.93. The Morgan fingerprint density at radius 1 is 1.70 bits per heavy atom. The first kappa shape index (κ1) is 8.62. The molecular formula is C7H9IOS. The van der Waals surface area contributed by atoms with Gasteiger partial charge >= 0.3 is 0 Å². The van der Waals surface area contributed by atoms with Crippen LogP contribution in [0.15, 0.2) is 20.0 Å². The van der Waals surface area contributed by atoms with Crippen LogP contribution < -0.4 is 0 Å². The van der Waals surface area contributed by atoms with Crippen molar-refractivity contribution in [1.82, 2.24) is 0 Å². The Labute approximate surface area is 79.0 Å². The van der Waals surface area contributed by atoms with Gasteiger partial charge in [-0.3, -0.25) is 0 Å². The highest BCUT2D eigenvalue weighted by Crippen LogP contribution is 2.33. The number of allylic oxidation sites excluding steroid dienone is 1. The standard InChI is InChI=1S/C7H9IOS/c1-5-3-9-4-7(10-5)6(2)8/h1,3-4H2,2H3/b7-6+. The molecule has 0 aliphatic carbocycles. The minimum absolute atomic E-state index is 0.706. The van der Waals surface area contributed by atoms with Crippen molar-refractivity contribution in [2.24, 2.45) is 0 Å². The summed E-state index contributed by atoms with van der Waals surface area (Å²) in [4.78, 5) is 2.41. The molecule has 10 heavy (non-hydrogen) atoms. The van der Waals surface area contributed by atoms with Crippen LogP contribution in [-0.4, -0.2) is 13.2 Å². The molecule has 0 unspecified atom stereocenters. The average Bonchev–Trinajstić information content (AvgIpc) is 1.88. The maximum absolute atomic E-state index is 5.27. The maximum Gasteiger partial charge on any atom is 0.0791 e. The van der Waals surface area contributed by atoms with E-state index in [1.54, 1.807) is 11.8 Å². The first-order valence-corrected chi connectivity index (χ1v) is 4.88. The van der Waals surface area contributed by atoms with Crippen LogP contribution in [0.25, 0.3) is 0 Å². The number of ether oxygens (including phenoxy) is 1. The van der Waals surface area contributed by atoms with Crippen LogP contribution in [0.5, 0.6) is 0 Å². The van der Waals surface area contributed by atoms with Crippen LogP contribution in [0, 0.1) is 0 Å². The van der Waals surface area contributed by atoms with Gasteiger partial charge in [0.1, 0.15) is 0 Å². The van der Waals surface area contributed by atoms with Gasteiger partial charge in [-0.25, -0.2) is 0 Å². The second-order valence-corrected chi connectivity index (χ2v) is 4.98. The molecule has 1 heterocycles. The van der Waals surface area contributed by atoms with Gasteiger partial charge in [0, 0.05) is 9.81 Å². The lowest BCUT2D eigenvalue weighted by atomic mass is 10.5. The van der Waals surface area contributed by atoms with Gasteiger partial charge in [-0.15, -0.1) is 0 Å². The van der Waals surface area contributed by atoms with Crippen LogP contribution in [0.1, 0.15) is 6.92 Å². The molecule has 0 radical (unpaired) electrons. The fourth-order valence-electron chi connectivity index (χ4n) is 0.660. The van der Waals surface area contributed by atoms with Crippen LogP contribution in [0.3, 0.4) is 0 Å². The molecule has 0 saturated carbocycles. The van der Waals surface area contributed by atoms with Gasteiger partial charge in [0.25, 0.3) is 0 Å². The van der Waals surface area contributed by atoms with E-state index in [0.29, 0.717) is 6.61 Å². The molecule has 1 rings (SSSR count). The quantitative estimate of drug-likeness (QED) is 0.625. The third-order valence-electron chi connectivity index (χ3n) is 1.15. The highest BCUT2D eigenvalue weighted by atomic mass is 127. The smallest absolute Gasteiger partial charge is 0.0791 e. The molecule has 0 aromatic rings. The maximum atomic E-state index is 5.27. The van der Waals surface area contributed by atoms with Crippen LogP contribution >= 0.6 is 34.4 Å². The Bertz CT molecular complexity index is 182. The van der Waals surface area contributed by atoms with E-state index in [2.05, 4.69) is 36.1 Å². The van der Waals surface area contributed by atoms with Gasteiger partial charge in [-0.1, -0.05) is 18.3 Å². The molecule has 0 bridgehead atoms. The fraction of sp³-hybridized carbons (Fsp3) is 0.429. The summed E-state index contributed by atoms with van der Waals surface area (Å²) in [5.74, 6) is 0. The van der Waals surface area contributed by atoms with Gasteiger partial charge in [0.15, 0.2) is 0 Å². The number of hydrogen-bond donors (Lipinski definition) is 0. The number of hydrogen-bond acceptors (Lipinski definition) is 2. The first-order chi connectivity index (χ1) is 4.70. The number of halogens is 1. The van der Waals surface area contributed by atoms with Crippen molar-refractivity contribution >= 4 is 34.4 Å². The molecule has 0 N–H and O–H groups in total. The normalized spacial score (nSPS) is 24.8. The van der Waals surface area contributed by atoms with Crippen molar-refractivity contribution in [3.8, 4) is 0 Å². The molecule has 0 aromatic carbocycles. The third-order valence-corrected chi connectivity index (χ3v) is 3.24. The van der Waals surface area contributed by atoms with Crippen molar-refractivity contribution in [1.29, 1.82) is 0 Å². The van der Waals surface area contributed by atoms with E-state index >= 15 is 0 Å². The summed E-state index contributed by atoms with van der Waals surface area (Å²) in [6.45, 7) is 7.40. The Hall–Kier alpha value is 0.520. The zero-order chi connectivity index (χ0) is 7.56. The monoisotopic (exact) mass is 268 g/mol. The second kappa shape index (κ2) is 3.78. The molecular weight excluding hydrogens is 259 g/mol. The first-order valence-electron chi connectivity index (χ1n) is 2.99. The predicted molar refractivity (Wildman–Crippen MR) is 54.3 cm³/mol. The van der Waals surface area contributed by atoms with E-state index in [1.165, 1.54) is 8.48 Å². The summed E-state index contributed by atoms with van der Waals surface area (Å²) in [5.41, 5.74) is 0. The number of rotatable bonds is 0. The summed E-state index contributed by atoms with van der Waals surface area (Å²) >= 11 is 4.06. The molecule has 1 aliphatic rings. The second-order valence-electron chi connectivity index (χ2n) is 2.09. The Kier molecular flexibility index (Phi) is 3.26. The molecule has 1 fully saturated rings. The van der Waals surface area contributed by atoms with E-state index in [-0.39, 0.29) is 0 Å². The molecule has 0 amide bonds. The Morgan fingerprint density at radius 3 is 2.80 bits per heavy atom. The fourth-order valence-corrected chi connectivity index (χ4v) is 1.92. The Balaban J connectivity index is 2.64. The van der Waals surface area contributed by atoms with Gasteiger partial charge in [-0.05, 0) is 33.1 Å². The van der Waals surface area contributed by atoms with Crippen molar-refractivity contribution in [2.45, 2.75) is 6.92 Å². The summed E-state index contributed by atoms with van der Waals surface area (Å²) in [6, 6.07) is 0. The summed E-state index contributed by atoms with van der Waals surface area (Å²) in [5, 5.41) is 0. The number of thioether (sulfide) groups is 1. The molecule has 3 heteroatoms. The van der Waals surface area contributed by atoms with Crippen molar-refractivity contribution in [3.05, 3.63) is 20.0 Å². The molecule has 0 aromatic heterocycles. The summed E-state index contributed by atoms with van der Waals surface area (Å²) in [7, 11) is 0. The van der Waals surface area contributed by atoms with E-state index in [4.69, 9.17) is 4.74 Å². The van der Waals surface area contributed by atoms with Gasteiger partial charge < -0.3 is 4.74 Å². The van der Waals surface area contributed by atoms with Crippen molar-refractivity contribution in [2.75, 3.05) is 13.2 Å². The zero-order valence-electron chi connectivity index (χ0n) is 5.82. The highest BCUT2D eigenvalue weighted by Gasteiger charge is 2.10. The van der Waals surface area contributed by atoms with E-state index in [0.717, 1.165) is 11.5 Å². The SMILES string of the molecule is C=C1COC/C(=C(/C)I)S1. The summed E-state index contributed by atoms with van der Waals surface area (Å²) in [6.07, 6.45) is 0. The topological polar surface area (TPSA) is 9.23 Å². The lowest BCUT2D eigenvalue weighted by molar-refractivity contribution is 0.186. The van der Waals surface area contributed by atoms with Gasteiger partial charge in [0.05, 0.1) is 13.2 Å². The van der Waals surface area contributed by atoms with Crippen LogP contribution in [0.4, 0.5) is 0 Å². The van der Waals surface area contributed by atoms with Gasteiger partial charge in [0.2, 0.25) is 0 Å². The molecule has 0 spiro atoms.